The van der Waals surface area contributed by atoms with Crippen LogP contribution in [0.2, 0.25) is 0 Å². The lowest BCUT2D eigenvalue weighted by atomic mass is 10.0. The van der Waals surface area contributed by atoms with E-state index in [0.29, 0.717) is 19.0 Å². The van der Waals surface area contributed by atoms with E-state index in [1.807, 2.05) is 0 Å². The summed E-state index contributed by atoms with van der Waals surface area (Å²) in [6.07, 6.45) is 0.321. The first-order chi connectivity index (χ1) is 14.9. The van der Waals surface area contributed by atoms with Crippen LogP contribution in [0.3, 0.4) is 0 Å². The highest BCUT2D eigenvalue weighted by atomic mass is 16.5. The zero-order valence-electron chi connectivity index (χ0n) is 16.8. The lowest BCUT2D eigenvalue weighted by Crippen LogP contribution is -2.54. The van der Waals surface area contributed by atoms with Crippen LogP contribution < -0.4 is 15.8 Å². The number of nitrogens with zero attached hydrogens (tertiary/aromatic N) is 1. The molecule has 0 spiro atoms. The third kappa shape index (κ3) is 5.44. The van der Waals surface area contributed by atoms with Crippen molar-refractivity contribution in [1.29, 1.82) is 0 Å². The van der Waals surface area contributed by atoms with Gasteiger partial charge in [-0.25, -0.2) is 0 Å². The molecule has 3 rings (SSSR count). The van der Waals surface area contributed by atoms with Gasteiger partial charge in [-0.15, -0.1) is 0 Å². The Morgan fingerprint density at radius 2 is 1.68 bits per heavy atom. The molecule has 1 aromatic carbocycles. The van der Waals surface area contributed by atoms with Gasteiger partial charge in [-0.05, 0) is 24.6 Å². The highest BCUT2D eigenvalue weighted by molar-refractivity contribution is 6.23. The molecule has 1 saturated heterocycles. The van der Waals surface area contributed by atoms with Crippen LogP contribution in [0.5, 0.6) is 5.75 Å². The minimum Gasteiger partial charge on any atom is -0.491 e. The van der Waals surface area contributed by atoms with Gasteiger partial charge in [-0.3, -0.25) is 34.2 Å². The lowest BCUT2D eigenvalue weighted by molar-refractivity contribution is -0.136. The highest BCUT2D eigenvalue weighted by Gasteiger charge is 2.44. The summed E-state index contributed by atoms with van der Waals surface area (Å²) in [4.78, 5) is 60.2. The standard InChI is InChI=1S/C20H23N3O8/c21-16(24)5-6-29-7-8-30-9-10-31-12-1-2-13-14(11-12)20(28)23(19(13)27)15-3-4-17(25)22-18(15)26/h1-2,11,15H,3-10H2,(H2,21,24)(H,22,25,26). The third-order valence-corrected chi connectivity index (χ3v) is 4.77. The van der Waals surface area contributed by atoms with Gasteiger partial charge in [0.25, 0.3) is 11.8 Å². The van der Waals surface area contributed by atoms with E-state index in [0.717, 1.165) is 4.90 Å². The maximum atomic E-state index is 12.7. The fourth-order valence-corrected chi connectivity index (χ4v) is 3.25. The number of piperidine rings is 1. The van der Waals surface area contributed by atoms with Gasteiger partial charge in [0.1, 0.15) is 18.4 Å². The van der Waals surface area contributed by atoms with Gasteiger partial charge in [-0.1, -0.05) is 0 Å². The van der Waals surface area contributed by atoms with Gasteiger partial charge >= 0.3 is 0 Å². The molecule has 5 amide bonds. The Bertz CT molecular complexity index is 900. The maximum absolute atomic E-state index is 12.7. The van der Waals surface area contributed by atoms with E-state index in [1.54, 1.807) is 6.07 Å². The number of ether oxygens (including phenoxy) is 3. The second-order valence-corrected chi connectivity index (χ2v) is 6.94. The number of carbonyl (C=O) groups excluding carboxylic acids is 5. The minimum absolute atomic E-state index is 0.0638. The number of imide groups is 2. The molecule has 2 heterocycles. The summed E-state index contributed by atoms with van der Waals surface area (Å²) in [5.41, 5.74) is 5.33. The summed E-state index contributed by atoms with van der Waals surface area (Å²) in [6.45, 7) is 1.36. The number of primary amides is 1. The summed E-state index contributed by atoms with van der Waals surface area (Å²) in [7, 11) is 0. The van der Waals surface area contributed by atoms with Gasteiger partial charge in [0.05, 0.1) is 37.6 Å². The van der Waals surface area contributed by atoms with E-state index in [2.05, 4.69) is 5.32 Å². The number of benzene rings is 1. The number of rotatable bonds is 11. The van der Waals surface area contributed by atoms with Crippen LogP contribution in [0.15, 0.2) is 18.2 Å². The largest absolute Gasteiger partial charge is 0.491 e. The number of carbonyl (C=O) groups is 5. The molecule has 0 radical (unpaired) electrons. The molecule has 0 aliphatic carbocycles. The van der Waals surface area contributed by atoms with Gasteiger partial charge < -0.3 is 19.9 Å². The van der Waals surface area contributed by atoms with Crippen LogP contribution in [-0.2, 0) is 23.9 Å². The average Bonchev–Trinajstić information content (AvgIpc) is 2.97. The van der Waals surface area contributed by atoms with E-state index >= 15 is 0 Å². The van der Waals surface area contributed by atoms with Crippen molar-refractivity contribution in [2.45, 2.75) is 25.3 Å². The lowest BCUT2D eigenvalue weighted by Gasteiger charge is -2.27. The van der Waals surface area contributed by atoms with E-state index < -0.39 is 35.6 Å². The topological polar surface area (TPSA) is 154 Å². The molecule has 1 unspecified atom stereocenters. The smallest absolute Gasteiger partial charge is 0.262 e. The van der Waals surface area contributed by atoms with Gasteiger partial charge in [0, 0.05) is 12.8 Å². The van der Waals surface area contributed by atoms with Gasteiger partial charge in [-0.2, -0.15) is 0 Å². The molecule has 3 N–H and O–H groups in total. The van der Waals surface area contributed by atoms with Crippen molar-refractivity contribution in [2.75, 3.05) is 33.0 Å². The van der Waals surface area contributed by atoms with Crippen LogP contribution in [-0.4, -0.2) is 73.5 Å². The highest BCUT2D eigenvalue weighted by Crippen LogP contribution is 2.30. The first-order valence-electron chi connectivity index (χ1n) is 9.80. The number of nitrogens with one attached hydrogen (secondary N) is 1. The Morgan fingerprint density at radius 1 is 1.00 bits per heavy atom. The van der Waals surface area contributed by atoms with Crippen molar-refractivity contribution >= 4 is 29.5 Å². The third-order valence-electron chi connectivity index (χ3n) is 4.77. The molecular formula is C20H23N3O8. The zero-order valence-corrected chi connectivity index (χ0v) is 16.8. The van der Waals surface area contributed by atoms with Crippen LogP contribution in [0.1, 0.15) is 40.0 Å². The molecule has 31 heavy (non-hydrogen) atoms. The number of hydrogen-bond acceptors (Lipinski definition) is 8. The predicted molar refractivity (Wildman–Crippen MR) is 104 cm³/mol. The summed E-state index contributed by atoms with van der Waals surface area (Å²) >= 11 is 0. The van der Waals surface area contributed by atoms with Crippen molar-refractivity contribution < 1.29 is 38.2 Å². The molecule has 11 heteroatoms. The Hall–Kier alpha value is -3.31. The first kappa shape index (κ1) is 22.4. The van der Waals surface area contributed by atoms with E-state index in [9.17, 15) is 24.0 Å². The fourth-order valence-electron chi connectivity index (χ4n) is 3.25. The van der Waals surface area contributed by atoms with Crippen LogP contribution >= 0.6 is 0 Å². The number of hydrogen-bond donors (Lipinski definition) is 2. The Labute approximate surface area is 177 Å². The summed E-state index contributed by atoms with van der Waals surface area (Å²) in [5.74, 6) is -2.29. The fraction of sp³-hybridized carbons (Fsp3) is 0.450. The molecule has 0 saturated carbocycles. The Balaban J connectivity index is 1.47. The van der Waals surface area contributed by atoms with Crippen molar-refractivity contribution in [1.82, 2.24) is 10.2 Å². The number of fused-ring (bicyclic) bond motifs is 1. The van der Waals surface area contributed by atoms with Crippen LogP contribution in [0.4, 0.5) is 0 Å². The van der Waals surface area contributed by atoms with Crippen molar-refractivity contribution in [3.8, 4) is 5.75 Å². The molecule has 11 nitrogen and oxygen atoms in total. The molecule has 1 atom stereocenters. The molecule has 2 aliphatic heterocycles. The molecule has 1 aromatic rings. The number of amides is 5. The Morgan fingerprint density at radius 3 is 2.39 bits per heavy atom. The summed E-state index contributed by atoms with van der Waals surface area (Å²) in [6, 6.07) is 3.48. The van der Waals surface area contributed by atoms with Crippen molar-refractivity contribution in [3.05, 3.63) is 29.3 Å². The van der Waals surface area contributed by atoms with Crippen LogP contribution in [0, 0.1) is 0 Å². The zero-order chi connectivity index (χ0) is 22.4. The second kappa shape index (κ2) is 10.1. The van der Waals surface area contributed by atoms with Gasteiger partial charge in [0.15, 0.2) is 0 Å². The Kier molecular flexibility index (Phi) is 7.32. The first-order valence-corrected chi connectivity index (χ1v) is 9.80. The molecule has 166 valence electrons. The minimum atomic E-state index is -1.01. The molecule has 0 bridgehead atoms. The molecule has 0 aromatic heterocycles. The normalized spacial score (nSPS) is 18.2. The number of nitrogens with two attached hydrogens (primary N) is 1. The predicted octanol–water partition coefficient (Wildman–Crippen LogP) is -0.625. The quantitative estimate of drug-likeness (QED) is 0.345. The molecular weight excluding hydrogens is 410 g/mol. The summed E-state index contributed by atoms with van der Waals surface area (Å²) in [5, 5.41) is 2.15. The van der Waals surface area contributed by atoms with Crippen molar-refractivity contribution in [2.24, 2.45) is 5.73 Å². The van der Waals surface area contributed by atoms with E-state index in [4.69, 9.17) is 19.9 Å². The maximum Gasteiger partial charge on any atom is 0.262 e. The van der Waals surface area contributed by atoms with Crippen LogP contribution in [0.25, 0.3) is 0 Å². The molecule has 2 aliphatic rings. The van der Waals surface area contributed by atoms with E-state index in [1.165, 1.54) is 12.1 Å². The molecule has 1 fully saturated rings. The van der Waals surface area contributed by atoms with E-state index in [-0.39, 0.29) is 50.2 Å². The summed E-state index contributed by atoms with van der Waals surface area (Å²) < 4.78 is 16.1. The second-order valence-electron chi connectivity index (χ2n) is 6.94. The monoisotopic (exact) mass is 433 g/mol. The van der Waals surface area contributed by atoms with Crippen molar-refractivity contribution in [3.63, 3.8) is 0 Å². The van der Waals surface area contributed by atoms with Gasteiger partial charge in [0.2, 0.25) is 17.7 Å². The SMILES string of the molecule is NC(=O)CCOCCOCCOc1ccc2c(c1)C(=O)N(C1CCC(=O)NC1=O)C2=O. The average molecular weight is 433 g/mol.